The van der Waals surface area contributed by atoms with Crippen molar-refractivity contribution in [2.45, 2.75) is 57.1 Å². The number of halogens is 2. The van der Waals surface area contributed by atoms with Gasteiger partial charge in [0.05, 0.1) is 11.7 Å². The van der Waals surface area contributed by atoms with E-state index in [4.69, 9.17) is 9.72 Å². The van der Waals surface area contributed by atoms with E-state index in [9.17, 15) is 23.5 Å². The second-order valence-corrected chi connectivity index (χ2v) is 8.99. The summed E-state index contributed by atoms with van der Waals surface area (Å²) < 4.78 is 32.8. The molecule has 0 saturated heterocycles. The first-order chi connectivity index (χ1) is 16.4. The first-order valence-electron chi connectivity index (χ1n) is 11.7. The van der Waals surface area contributed by atoms with Crippen LogP contribution in [0.5, 0.6) is 0 Å². The molecule has 1 saturated carbocycles. The maximum absolute atomic E-state index is 13.8. The van der Waals surface area contributed by atoms with E-state index >= 15 is 0 Å². The van der Waals surface area contributed by atoms with E-state index in [2.05, 4.69) is 22.8 Å². The molecule has 1 aliphatic carbocycles. The summed E-state index contributed by atoms with van der Waals surface area (Å²) in [5.41, 5.74) is 1.84. The summed E-state index contributed by atoms with van der Waals surface area (Å²) in [6.07, 6.45) is 6.06. The van der Waals surface area contributed by atoms with E-state index in [1.165, 1.54) is 5.56 Å². The SMILES string of the molecule is O=C(N[C@@H](CCOC1CC(CCc2ccc3c(n2)NCCC3)C1)C(=O)O)c1cc(F)ccc1F. The molecule has 1 atom stereocenters. The molecular weight excluding hydrogens is 444 g/mol. The Morgan fingerprint density at radius 2 is 2.06 bits per heavy atom. The van der Waals surface area contributed by atoms with E-state index in [1.807, 2.05) is 0 Å². The van der Waals surface area contributed by atoms with Gasteiger partial charge in [0.2, 0.25) is 0 Å². The van der Waals surface area contributed by atoms with Crippen LogP contribution in [0.15, 0.2) is 30.3 Å². The Hall–Kier alpha value is -3.07. The molecule has 1 aromatic heterocycles. The molecule has 1 fully saturated rings. The van der Waals surface area contributed by atoms with Crippen LogP contribution in [0.25, 0.3) is 0 Å². The second kappa shape index (κ2) is 10.9. The molecule has 2 heterocycles. The van der Waals surface area contributed by atoms with Crippen molar-refractivity contribution in [3.63, 3.8) is 0 Å². The average molecular weight is 474 g/mol. The number of rotatable bonds is 10. The van der Waals surface area contributed by atoms with Crippen LogP contribution in [0.4, 0.5) is 14.6 Å². The maximum Gasteiger partial charge on any atom is 0.326 e. The number of hydrogen-bond acceptors (Lipinski definition) is 5. The van der Waals surface area contributed by atoms with E-state index in [0.29, 0.717) is 5.92 Å². The number of carbonyl (C=O) groups is 2. The van der Waals surface area contributed by atoms with E-state index in [1.54, 1.807) is 0 Å². The molecule has 1 aliphatic heterocycles. The van der Waals surface area contributed by atoms with Gasteiger partial charge in [0, 0.05) is 25.3 Å². The van der Waals surface area contributed by atoms with Gasteiger partial charge in [-0.1, -0.05) is 6.07 Å². The molecule has 182 valence electrons. The normalized spacial score (nSPS) is 19.9. The zero-order valence-electron chi connectivity index (χ0n) is 18.9. The summed E-state index contributed by atoms with van der Waals surface area (Å²) in [7, 11) is 0. The third-order valence-electron chi connectivity index (χ3n) is 6.49. The highest BCUT2D eigenvalue weighted by Gasteiger charge is 2.30. The number of anilines is 1. The van der Waals surface area contributed by atoms with Crippen molar-refractivity contribution in [3.05, 3.63) is 58.8 Å². The Bertz CT molecular complexity index is 1040. The van der Waals surface area contributed by atoms with E-state index in [-0.39, 0.29) is 19.1 Å². The van der Waals surface area contributed by atoms with Crippen molar-refractivity contribution in [3.8, 4) is 0 Å². The molecule has 0 spiro atoms. The van der Waals surface area contributed by atoms with Crippen molar-refractivity contribution in [1.29, 1.82) is 0 Å². The summed E-state index contributed by atoms with van der Waals surface area (Å²) in [5, 5.41) is 15.0. The molecule has 34 heavy (non-hydrogen) atoms. The second-order valence-electron chi connectivity index (χ2n) is 8.99. The van der Waals surface area contributed by atoms with Gasteiger partial charge in [-0.2, -0.15) is 0 Å². The van der Waals surface area contributed by atoms with Crippen LogP contribution in [0.2, 0.25) is 0 Å². The Balaban J connectivity index is 1.16. The third kappa shape index (κ3) is 6.08. The molecule has 1 amide bonds. The molecule has 0 bridgehead atoms. The highest BCUT2D eigenvalue weighted by atomic mass is 19.1. The monoisotopic (exact) mass is 473 g/mol. The number of aryl methyl sites for hydroxylation is 2. The first-order valence-corrected chi connectivity index (χ1v) is 11.7. The lowest BCUT2D eigenvalue weighted by atomic mass is 9.79. The van der Waals surface area contributed by atoms with Crippen LogP contribution < -0.4 is 10.6 Å². The van der Waals surface area contributed by atoms with Gasteiger partial charge in [-0.25, -0.2) is 18.6 Å². The van der Waals surface area contributed by atoms with Gasteiger partial charge < -0.3 is 20.5 Å². The maximum atomic E-state index is 13.8. The quantitative estimate of drug-likeness (QED) is 0.486. The number of carbonyl (C=O) groups excluding carboxylic acids is 1. The third-order valence-corrected chi connectivity index (χ3v) is 6.49. The predicted molar refractivity (Wildman–Crippen MR) is 122 cm³/mol. The Kier molecular flexibility index (Phi) is 7.72. The van der Waals surface area contributed by atoms with Gasteiger partial charge in [0.1, 0.15) is 23.5 Å². The zero-order valence-corrected chi connectivity index (χ0v) is 18.9. The van der Waals surface area contributed by atoms with Crippen LogP contribution >= 0.6 is 0 Å². The number of benzene rings is 1. The number of nitrogens with zero attached hydrogens (tertiary/aromatic N) is 1. The lowest BCUT2D eigenvalue weighted by Gasteiger charge is -2.35. The van der Waals surface area contributed by atoms with Crippen LogP contribution in [0.1, 0.15) is 53.7 Å². The number of hydrogen-bond donors (Lipinski definition) is 3. The van der Waals surface area contributed by atoms with E-state index < -0.39 is 35.1 Å². The lowest BCUT2D eigenvalue weighted by molar-refractivity contribution is -0.140. The molecule has 1 aromatic carbocycles. The number of carboxylic acids is 1. The number of amides is 1. The minimum absolute atomic E-state index is 0.0330. The molecule has 4 rings (SSSR count). The summed E-state index contributed by atoms with van der Waals surface area (Å²) in [6, 6.07) is 5.47. The van der Waals surface area contributed by atoms with Gasteiger partial charge in [-0.3, -0.25) is 4.79 Å². The fourth-order valence-corrected chi connectivity index (χ4v) is 4.42. The largest absolute Gasteiger partial charge is 0.480 e. The number of nitrogens with one attached hydrogen (secondary N) is 2. The van der Waals surface area contributed by atoms with Crippen molar-refractivity contribution >= 4 is 17.7 Å². The highest BCUT2D eigenvalue weighted by molar-refractivity contribution is 5.96. The topological polar surface area (TPSA) is 101 Å². The van der Waals surface area contributed by atoms with Crippen LogP contribution in [-0.4, -0.2) is 47.3 Å². The summed E-state index contributed by atoms with van der Waals surface area (Å²) >= 11 is 0. The molecule has 7 nitrogen and oxygen atoms in total. The fraction of sp³-hybridized carbons (Fsp3) is 0.480. The molecule has 0 unspecified atom stereocenters. The Labute approximate surface area is 196 Å². The van der Waals surface area contributed by atoms with Gasteiger partial charge in [0.25, 0.3) is 5.91 Å². The number of carboxylic acid groups (broad SMARTS) is 1. The lowest BCUT2D eigenvalue weighted by Crippen LogP contribution is -2.42. The first kappa shape index (κ1) is 24.1. The predicted octanol–water partition coefficient (Wildman–Crippen LogP) is 3.72. The van der Waals surface area contributed by atoms with Crippen molar-refractivity contribution in [1.82, 2.24) is 10.3 Å². The molecule has 0 radical (unpaired) electrons. The minimum atomic E-state index is -1.26. The van der Waals surface area contributed by atoms with Crippen LogP contribution in [0.3, 0.4) is 0 Å². The smallest absolute Gasteiger partial charge is 0.326 e. The number of aromatic nitrogens is 1. The molecule has 2 aliphatic rings. The molecule has 3 N–H and O–H groups in total. The standard InChI is InChI=1S/C25H29F2N3O4/c26-17-5-8-21(27)20(14-17)24(31)30-22(25(32)33)9-11-34-19-12-15(13-19)3-6-18-7-4-16-2-1-10-28-23(16)29-18/h4-5,7-8,14-15,19,22H,1-3,6,9-13H2,(H,28,29)(H,30,31)(H,32,33)/t15?,19?,22-/m0/s1. The van der Waals surface area contributed by atoms with Crippen LogP contribution in [-0.2, 0) is 22.4 Å². The van der Waals surface area contributed by atoms with Crippen molar-refractivity contribution < 1.29 is 28.2 Å². The fourth-order valence-electron chi connectivity index (χ4n) is 4.42. The van der Waals surface area contributed by atoms with Gasteiger partial charge >= 0.3 is 5.97 Å². The Morgan fingerprint density at radius 1 is 1.24 bits per heavy atom. The summed E-state index contributed by atoms with van der Waals surface area (Å²) in [5.74, 6) is -2.37. The van der Waals surface area contributed by atoms with Crippen molar-refractivity contribution in [2.75, 3.05) is 18.5 Å². The Morgan fingerprint density at radius 3 is 2.85 bits per heavy atom. The summed E-state index contributed by atoms with van der Waals surface area (Å²) in [6.45, 7) is 1.12. The number of ether oxygens (including phenoxy) is 1. The number of aliphatic carboxylic acids is 1. The average Bonchev–Trinajstić information content (AvgIpc) is 2.80. The van der Waals surface area contributed by atoms with E-state index in [0.717, 1.165) is 74.8 Å². The number of pyridine rings is 1. The highest BCUT2D eigenvalue weighted by Crippen LogP contribution is 2.34. The minimum Gasteiger partial charge on any atom is -0.480 e. The zero-order chi connectivity index (χ0) is 24.1. The molecular formula is C25H29F2N3O4. The van der Waals surface area contributed by atoms with Crippen molar-refractivity contribution in [2.24, 2.45) is 5.92 Å². The number of fused-ring (bicyclic) bond motifs is 1. The summed E-state index contributed by atoms with van der Waals surface area (Å²) in [4.78, 5) is 28.4. The van der Waals surface area contributed by atoms with Gasteiger partial charge in [0.15, 0.2) is 0 Å². The molecule has 9 heteroatoms. The van der Waals surface area contributed by atoms with Gasteiger partial charge in [-0.15, -0.1) is 0 Å². The molecule has 2 aromatic rings. The van der Waals surface area contributed by atoms with Crippen LogP contribution in [0, 0.1) is 17.6 Å². The van der Waals surface area contributed by atoms with Gasteiger partial charge in [-0.05, 0) is 74.3 Å².